The average molecular weight is 429 g/mol. The molecule has 2 heterocycles. The van der Waals surface area contributed by atoms with Crippen molar-refractivity contribution in [3.8, 4) is 0 Å². The number of pyridine rings is 2. The lowest BCUT2D eigenvalue weighted by Gasteiger charge is -2.21. The van der Waals surface area contributed by atoms with Gasteiger partial charge in [-0.25, -0.2) is 13.8 Å². The van der Waals surface area contributed by atoms with E-state index in [0.29, 0.717) is 11.3 Å². The molecule has 1 aromatic carbocycles. The summed E-state index contributed by atoms with van der Waals surface area (Å²) >= 11 is 5.88. The highest BCUT2D eigenvalue weighted by atomic mass is 35.5. The molecule has 0 fully saturated rings. The molecule has 0 saturated carbocycles. The van der Waals surface area contributed by atoms with E-state index in [9.17, 15) is 18.4 Å². The molecule has 2 amide bonds. The van der Waals surface area contributed by atoms with Gasteiger partial charge in [0.25, 0.3) is 5.91 Å². The van der Waals surface area contributed by atoms with Crippen molar-refractivity contribution in [1.29, 1.82) is 0 Å². The highest BCUT2D eigenvalue weighted by Gasteiger charge is 2.21. The van der Waals surface area contributed by atoms with Crippen LogP contribution in [0.2, 0.25) is 5.02 Å². The number of rotatable bonds is 6. The standard InChI is InChI=1S/C21H15ClF2N4O2/c1-2-20(30)28(17-7-8-25-12-16(17)24)18-11-14(6-9-26-18)27-19(29)10-13-4-3-5-15(23)21(13)22/h2-9,11-12H,1,10H2,(H,26,27,29). The molecule has 152 valence electrons. The second-order valence-electron chi connectivity index (χ2n) is 6.05. The van der Waals surface area contributed by atoms with E-state index in [-0.39, 0.29) is 22.9 Å². The first kappa shape index (κ1) is 21.1. The Morgan fingerprint density at radius 3 is 2.70 bits per heavy atom. The van der Waals surface area contributed by atoms with Crippen LogP contribution in [0.15, 0.2) is 67.6 Å². The summed E-state index contributed by atoms with van der Waals surface area (Å²) in [5.41, 5.74) is 0.553. The third-order valence-corrected chi connectivity index (χ3v) is 4.45. The summed E-state index contributed by atoms with van der Waals surface area (Å²) in [6.45, 7) is 3.43. The zero-order valence-electron chi connectivity index (χ0n) is 15.5. The van der Waals surface area contributed by atoms with Gasteiger partial charge in [0.2, 0.25) is 5.91 Å². The van der Waals surface area contributed by atoms with E-state index in [1.54, 1.807) is 6.07 Å². The lowest BCUT2D eigenvalue weighted by Crippen LogP contribution is -2.26. The number of anilines is 3. The first-order chi connectivity index (χ1) is 14.4. The van der Waals surface area contributed by atoms with Crippen molar-refractivity contribution in [3.05, 3.63) is 89.9 Å². The van der Waals surface area contributed by atoms with E-state index in [1.807, 2.05) is 0 Å². The normalized spacial score (nSPS) is 10.4. The molecule has 0 bridgehead atoms. The number of carbonyl (C=O) groups excluding carboxylic acids is 2. The fraction of sp³-hybridized carbons (Fsp3) is 0.0476. The molecule has 9 heteroatoms. The number of nitrogens with one attached hydrogen (secondary N) is 1. The molecule has 3 rings (SSSR count). The van der Waals surface area contributed by atoms with Crippen molar-refractivity contribution in [3.63, 3.8) is 0 Å². The first-order valence-electron chi connectivity index (χ1n) is 8.65. The number of hydrogen-bond acceptors (Lipinski definition) is 4. The zero-order valence-corrected chi connectivity index (χ0v) is 16.2. The Morgan fingerprint density at radius 2 is 1.97 bits per heavy atom. The van der Waals surface area contributed by atoms with Gasteiger partial charge in [0, 0.05) is 24.1 Å². The summed E-state index contributed by atoms with van der Waals surface area (Å²) in [6, 6.07) is 8.40. The maximum atomic E-state index is 14.2. The van der Waals surface area contributed by atoms with E-state index < -0.39 is 23.4 Å². The fourth-order valence-electron chi connectivity index (χ4n) is 2.68. The molecule has 30 heavy (non-hydrogen) atoms. The minimum Gasteiger partial charge on any atom is -0.326 e. The van der Waals surface area contributed by atoms with Gasteiger partial charge in [-0.1, -0.05) is 30.3 Å². The number of hydrogen-bond donors (Lipinski definition) is 1. The largest absolute Gasteiger partial charge is 0.326 e. The van der Waals surface area contributed by atoms with Crippen LogP contribution in [0.25, 0.3) is 0 Å². The summed E-state index contributed by atoms with van der Waals surface area (Å²) < 4.78 is 27.8. The molecular formula is C21H15ClF2N4O2. The van der Waals surface area contributed by atoms with Crippen LogP contribution in [0.3, 0.4) is 0 Å². The van der Waals surface area contributed by atoms with Crippen molar-refractivity contribution in [2.24, 2.45) is 0 Å². The van der Waals surface area contributed by atoms with Gasteiger partial charge in [-0.05, 0) is 29.8 Å². The molecule has 0 aliphatic rings. The van der Waals surface area contributed by atoms with Crippen molar-refractivity contribution in [2.45, 2.75) is 6.42 Å². The topological polar surface area (TPSA) is 75.2 Å². The van der Waals surface area contributed by atoms with Gasteiger partial charge in [-0.15, -0.1) is 0 Å². The Kier molecular flexibility index (Phi) is 6.48. The van der Waals surface area contributed by atoms with Crippen LogP contribution in [0.1, 0.15) is 5.56 Å². The Morgan fingerprint density at radius 1 is 1.17 bits per heavy atom. The quantitative estimate of drug-likeness (QED) is 0.589. The predicted molar refractivity (Wildman–Crippen MR) is 110 cm³/mol. The zero-order chi connectivity index (χ0) is 21.7. The molecular weight excluding hydrogens is 414 g/mol. The summed E-state index contributed by atoms with van der Waals surface area (Å²) in [5, 5.41) is 2.50. The highest BCUT2D eigenvalue weighted by molar-refractivity contribution is 6.31. The second kappa shape index (κ2) is 9.23. The Bertz CT molecular complexity index is 1120. The van der Waals surface area contributed by atoms with Gasteiger partial charge in [0.05, 0.1) is 23.3 Å². The van der Waals surface area contributed by atoms with Crippen LogP contribution >= 0.6 is 11.6 Å². The SMILES string of the molecule is C=CC(=O)N(c1cc(NC(=O)Cc2cccc(F)c2Cl)ccn1)c1ccncc1F. The molecule has 0 saturated heterocycles. The summed E-state index contributed by atoms with van der Waals surface area (Å²) in [6.07, 6.45) is 4.49. The minimum absolute atomic E-state index is 0.0617. The number of halogens is 3. The summed E-state index contributed by atoms with van der Waals surface area (Å²) in [5.74, 6) is -2.37. The van der Waals surface area contributed by atoms with Crippen LogP contribution in [0.4, 0.5) is 26.0 Å². The number of aromatic nitrogens is 2. The maximum Gasteiger partial charge on any atom is 0.256 e. The third kappa shape index (κ3) is 4.66. The monoisotopic (exact) mass is 428 g/mol. The molecule has 0 radical (unpaired) electrons. The van der Waals surface area contributed by atoms with Crippen LogP contribution < -0.4 is 10.2 Å². The molecule has 0 aliphatic carbocycles. The van der Waals surface area contributed by atoms with Gasteiger partial charge in [0.1, 0.15) is 11.6 Å². The summed E-state index contributed by atoms with van der Waals surface area (Å²) in [4.78, 5) is 33.5. The van der Waals surface area contributed by atoms with Gasteiger partial charge in [-0.3, -0.25) is 19.5 Å². The van der Waals surface area contributed by atoms with E-state index in [1.165, 1.54) is 42.7 Å². The van der Waals surface area contributed by atoms with E-state index in [4.69, 9.17) is 11.6 Å². The Labute approximate surface area is 175 Å². The molecule has 0 aliphatic heterocycles. The Hall–Kier alpha value is -3.65. The van der Waals surface area contributed by atoms with E-state index in [2.05, 4.69) is 21.9 Å². The van der Waals surface area contributed by atoms with Gasteiger partial charge in [-0.2, -0.15) is 0 Å². The molecule has 1 N–H and O–H groups in total. The first-order valence-corrected chi connectivity index (χ1v) is 9.03. The number of benzene rings is 1. The summed E-state index contributed by atoms with van der Waals surface area (Å²) in [7, 11) is 0. The number of nitrogens with zero attached hydrogens (tertiary/aromatic N) is 3. The maximum absolute atomic E-state index is 14.2. The average Bonchev–Trinajstić information content (AvgIpc) is 2.73. The van der Waals surface area contributed by atoms with Crippen molar-refractivity contribution < 1.29 is 18.4 Å². The van der Waals surface area contributed by atoms with Crippen LogP contribution in [0, 0.1) is 11.6 Å². The molecule has 3 aromatic rings. The molecule has 0 spiro atoms. The van der Waals surface area contributed by atoms with Crippen LogP contribution in [-0.2, 0) is 16.0 Å². The van der Waals surface area contributed by atoms with Crippen molar-refractivity contribution >= 4 is 40.6 Å². The van der Waals surface area contributed by atoms with Gasteiger partial charge in [0.15, 0.2) is 5.82 Å². The van der Waals surface area contributed by atoms with Crippen LogP contribution in [0.5, 0.6) is 0 Å². The predicted octanol–water partition coefficient (Wildman–Crippen LogP) is 4.44. The third-order valence-electron chi connectivity index (χ3n) is 4.03. The molecule has 2 aromatic heterocycles. The van der Waals surface area contributed by atoms with Gasteiger partial charge < -0.3 is 5.32 Å². The van der Waals surface area contributed by atoms with Crippen molar-refractivity contribution in [2.75, 3.05) is 10.2 Å². The van der Waals surface area contributed by atoms with E-state index in [0.717, 1.165) is 17.2 Å². The molecule has 0 atom stereocenters. The van der Waals surface area contributed by atoms with Crippen molar-refractivity contribution in [1.82, 2.24) is 9.97 Å². The smallest absolute Gasteiger partial charge is 0.256 e. The lowest BCUT2D eigenvalue weighted by atomic mass is 10.1. The number of carbonyl (C=O) groups is 2. The fourth-order valence-corrected chi connectivity index (χ4v) is 2.87. The minimum atomic E-state index is -0.732. The number of amides is 2. The Balaban J connectivity index is 1.86. The lowest BCUT2D eigenvalue weighted by molar-refractivity contribution is -0.115. The molecule has 0 unspecified atom stereocenters. The van der Waals surface area contributed by atoms with Crippen LogP contribution in [-0.4, -0.2) is 21.8 Å². The van der Waals surface area contributed by atoms with Gasteiger partial charge >= 0.3 is 0 Å². The highest BCUT2D eigenvalue weighted by Crippen LogP contribution is 2.28. The van der Waals surface area contributed by atoms with E-state index >= 15 is 0 Å². The molecule has 6 nitrogen and oxygen atoms in total. The second-order valence-corrected chi connectivity index (χ2v) is 6.42.